The van der Waals surface area contributed by atoms with E-state index in [4.69, 9.17) is 5.11 Å². The molecule has 2 aromatic rings. The molecule has 0 spiro atoms. The van der Waals surface area contributed by atoms with E-state index in [9.17, 15) is 9.18 Å². The number of halogens is 1. The molecule has 0 fully saturated rings. The van der Waals surface area contributed by atoms with E-state index in [-0.39, 0.29) is 0 Å². The minimum Gasteiger partial charge on any atom is -0.478 e. The van der Waals surface area contributed by atoms with Gasteiger partial charge in [-0.15, -0.1) is 0 Å². The molecule has 0 aliphatic rings. The van der Waals surface area contributed by atoms with E-state index >= 15 is 0 Å². The summed E-state index contributed by atoms with van der Waals surface area (Å²) in [5.74, 6) is -1.48. The van der Waals surface area contributed by atoms with Crippen LogP contribution >= 0.6 is 0 Å². The van der Waals surface area contributed by atoms with Crippen molar-refractivity contribution in [1.29, 1.82) is 0 Å². The molecule has 0 aliphatic carbocycles. The van der Waals surface area contributed by atoms with Crippen LogP contribution in [0.4, 0.5) is 4.39 Å². The van der Waals surface area contributed by atoms with E-state index in [0.717, 1.165) is 11.6 Å². The Morgan fingerprint density at radius 3 is 2.78 bits per heavy atom. The van der Waals surface area contributed by atoms with Gasteiger partial charge in [-0.3, -0.25) is 4.98 Å². The van der Waals surface area contributed by atoms with Crippen molar-refractivity contribution in [2.45, 2.75) is 0 Å². The number of carboxylic acids is 1. The number of hydrogen-bond donors (Lipinski definition) is 1. The van der Waals surface area contributed by atoms with E-state index < -0.39 is 11.8 Å². The zero-order valence-corrected chi connectivity index (χ0v) is 9.38. The van der Waals surface area contributed by atoms with Crippen LogP contribution in [0, 0.1) is 5.82 Å². The summed E-state index contributed by atoms with van der Waals surface area (Å²) < 4.78 is 13.4. The second-order valence-corrected chi connectivity index (χ2v) is 3.69. The Balaban J connectivity index is 2.41. The van der Waals surface area contributed by atoms with Crippen LogP contribution in [0.5, 0.6) is 0 Å². The fraction of sp³-hybridized carbons (Fsp3) is 0. The van der Waals surface area contributed by atoms with Gasteiger partial charge in [-0.25, -0.2) is 9.18 Å². The third-order valence-electron chi connectivity index (χ3n) is 2.33. The molecule has 0 saturated heterocycles. The lowest BCUT2D eigenvalue weighted by atomic mass is 10.0. The number of hydrogen-bond acceptors (Lipinski definition) is 2. The van der Waals surface area contributed by atoms with E-state index in [1.54, 1.807) is 24.5 Å². The molecule has 1 aromatic heterocycles. The quantitative estimate of drug-likeness (QED) is 0.843. The van der Waals surface area contributed by atoms with Gasteiger partial charge in [0.2, 0.25) is 0 Å². The number of aromatic nitrogens is 1. The van der Waals surface area contributed by atoms with Gasteiger partial charge in [0, 0.05) is 24.0 Å². The van der Waals surface area contributed by atoms with Gasteiger partial charge >= 0.3 is 5.97 Å². The zero-order chi connectivity index (χ0) is 13.0. The van der Waals surface area contributed by atoms with Crippen molar-refractivity contribution in [3.8, 4) is 11.1 Å². The lowest BCUT2D eigenvalue weighted by Crippen LogP contribution is -1.87. The highest BCUT2D eigenvalue weighted by Gasteiger charge is 2.02. The van der Waals surface area contributed by atoms with Crippen LogP contribution < -0.4 is 0 Å². The molecule has 90 valence electrons. The summed E-state index contributed by atoms with van der Waals surface area (Å²) in [5, 5.41) is 8.54. The van der Waals surface area contributed by atoms with Crippen molar-refractivity contribution in [3.05, 3.63) is 60.2 Å². The van der Waals surface area contributed by atoms with E-state index in [0.29, 0.717) is 11.1 Å². The van der Waals surface area contributed by atoms with Crippen molar-refractivity contribution in [2.75, 3.05) is 0 Å². The Bertz CT molecular complexity index is 594. The monoisotopic (exact) mass is 243 g/mol. The molecule has 2 rings (SSSR count). The number of nitrogens with zero attached hydrogens (tertiary/aromatic N) is 1. The van der Waals surface area contributed by atoms with Crippen LogP contribution in [0.15, 0.2) is 48.8 Å². The van der Waals surface area contributed by atoms with Gasteiger partial charge in [0.05, 0.1) is 0 Å². The SMILES string of the molecule is O=C(O)/C=C/c1cc(F)cc(-c2cccnc2)c1. The maximum Gasteiger partial charge on any atom is 0.328 e. The Kier molecular flexibility index (Phi) is 3.48. The van der Waals surface area contributed by atoms with E-state index in [1.807, 2.05) is 6.07 Å². The first-order chi connectivity index (χ1) is 8.65. The predicted molar refractivity (Wildman–Crippen MR) is 66.3 cm³/mol. The number of pyridine rings is 1. The first kappa shape index (κ1) is 12.0. The maximum absolute atomic E-state index is 13.4. The maximum atomic E-state index is 13.4. The van der Waals surface area contributed by atoms with Crippen molar-refractivity contribution >= 4 is 12.0 Å². The van der Waals surface area contributed by atoms with Gasteiger partial charge in [0.25, 0.3) is 0 Å². The van der Waals surface area contributed by atoms with Crippen LogP contribution in [-0.2, 0) is 4.79 Å². The average Bonchev–Trinajstić information content (AvgIpc) is 2.37. The Hall–Kier alpha value is -2.49. The van der Waals surface area contributed by atoms with Gasteiger partial charge in [-0.1, -0.05) is 6.07 Å². The molecular weight excluding hydrogens is 233 g/mol. The molecule has 3 nitrogen and oxygen atoms in total. The number of aliphatic carboxylic acids is 1. The molecule has 4 heteroatoms. The van der Waals surface area contributed by atoms with Crippen molar-refractivity contribution in [1.82, 2.24) is 4.98 Å². The minimum absolute atomic E-state index is 0.415. The van der Waals surface area contributed by atoms with Gasteiger partial charge in [-0.05, 0) is 41.5 Å². The second-order valence-electron chi connectivity index (χ2n) is 3.69. The highest BCUT2D eigenvalue weighted by Crippen LogP contribution is 2.21. The summed E-state index contributed by atoms with van der Waals surface area (Å²) in [6.07, 6.45) is 5.58. The molecule has 0 amide bonds. The minimum atomic E-state index is -1.07. The fourth-order valence-electron chi connectivity index (χ4n) is 1.58. The van der Waals surface area contributed by atoms with Gasteiger partial charge in [-0.2, -0.15) is 0 Å². The standard InChI is InChI=1S/C14H10FNO2/c15-13-7-10(3-4-14(17)18)6-12(8-13)11-2-1-5-16-9-11/h1-9H,(H,17,18)/b4-3+. The highest BCUT2D eigenvalue weighted by atomic mass is 19.1. The summed E-state index contributed by atoms with van der Waals surface area (Å²) in [5.41, 5.74) is 1.94. The molecule has 1 N–H and O–H groups in total. The fourth-order valence-corrected chi connectivity index (χ4v) is 1.58. The number of carbonyl (C=O) groups is 1. The molecule has 0 aliphatic heterocycles. The normalized spacial score (nSPS) is 10.7. The Morgan fingerprint density at radius 2 is 2.11 bits per heavy atom. The lowest BCUT2D eigenvalue weighted by Gasteiger charge is -2.03. The Morgan fingerprint density at radius 1 is 1.28 bits per heavy atom. The van der Waals surface area contributed by atoms with Crippen LogP contribution in [-0.4, -0.2) is 16.1 Å². The smallest absolute Gasteiger partial charge is 0.328 e. The van der Waals surface area contributed by atoms with E-state index in [1.165, 1.54) is 18.2 Å². The number of rotatable bonds is 3. The predicted octanol–water partition coefficient (Wildman–Crippen LogP) is 2.99. The van der Waals surface area contributed by atoms with Gasteiger partial charge in [0.15, 0.2) is 0 Å². The molecule has 0 radical (unpaired) electrons. The summed E-state index contributed by atoms with van der Waals surface area (Å²) in [7, 11) is 0. The molecular formula is C14H10FNO2. The van der Waals surface area contributed by atoms with Crippen LogP contribution in [0.2, 0.25) is 0 Å². The highest BCUT2D eigenvalue weighted by molar-refractivity contribution is 5.85. The summed E-state index contributed by atoms with van der Waals surface area (Å²) in [4.78, 5) is 14.4. The molecule has 0 saturated carbocycles. The summed E-state index contributed by atoms with van der Waals surface area (Å²) >= 11 is 0. The average molecular weight is 243 g/mol. The molecule has 0 unspecified atom stereocenters. The topological polar surface area (TPSA) is 50.2 Å². The number of carboxylic acid groups (broad SMARTS) is 1. The van der Waals surface area contributed by atoms with Crippen molar-refractivity contribution in [3.63, 3.8) is 0 Å². The van der Waals surface area contributed by atoms with Crippen LogP contribution in [0.25, 0.3) is 17.2 Å². The molecule has 0 atom stereocenters. The summed E-state index contributed by atoms with van der Waals surface area (Å²) in [6, 6.07) is 7.94. The van der Waals surface area contributed by atoms with E-state index in [2.05, 4.69) is 4.98 Å². The molecule has 1 aromatic carbocycles. The third-order valence-corrected chi connectivity index (χ3v) is 2.33. The van der Waals surface area contributed by atoms with Gasteiger partial charge < -0.3 is 5.11 Å². The molecule has 1 heterocycles. The lowest BCUT2D eigenvalue weighted by molar-refractivity contribution is -0.131. The number of benzene rings is 1. The van der Waals surface area contributed by atoms with Crippen LogP contribution in [0.1, 0.15) is 5.56 Å². The third kappa shape index (κ3) is 3.01. The second kappa shape index (κ2) is 5.23. The van der Waals surface area contributed by atoms with Crippen molar-refractivity contribution in [2.24, 2.45) is 0 Å². The molecule has 0 bridgehead atoms. The first-order valence-electron chi connectivity index (χ1n) is 5.27. The van der Waals surface area contributed by atoms with Crippen LogP contribution in [0.3, 0.4) is 0 Å². The zero-order valence-electron chi connectivity index (χ0n) is 9.38. The summed E-state index contributed by atoms with van der Waals surface area (Å²) in [6.45, 7) is 0. The largest absolute Gasteiger partial charge is 0.478 e. The Labute approximate surface area is 103 Å². The van der Waals surface area contributed by atoms with Gasteiger partial charge in [0.1, 0.15) is 5.82 Å². The van der Waals surface area contributed by atoms with Crippen molar-refractivity contribution < 1.29 is 14.3 Å². The molecule has 18 heavy (non-hydrogen) atoms. The first-order valence-corrected chi connectivity index (χ1v) is 5.27.